The van der Waals surface area contributed by atoms with Gasteiger partial charge in [0.05, 0.1) is 22.3 Å². The topological polar surface area (TPSA) is 59.8 Å². The minimum Gasteiger partial charge on any atom is -0.494 e. The number of fused-ring (bicyclic) bond motifs is 1. The molecule has 0 atom stereocenters. The molecule has 4 rings (SSSR count). The zero-order chi connectivity index (χ0) is 22.0. The molecule has 2 heterocycles. The largest absolute Gasteiger partial charge is 0.494 e. The molecular weight excluding hydrogens is 435 g/mol. The summed E-state index contributed by atoms with van der Waals surface area (Å²) in [6.07, 6.45) is 1.75. The predicted molar refractivity (Wildman–Crippen MR) is 123 cm³/mol. The number of benzene rings is 2. The van der Waals surface area contributed by atoms with Crippen molar-refractivity contribution in [2.24, 2.45) is 0 Å². The second-order valence-electron chi connectivity index (χ2n) is 6.74. The summed E-state index contributed by atoms with van der Waals surface area (Å²) in [6, 6.07) is 19.7. The summed E-state index contributed by atoms with van der Waals surface area (Å²) in [4.78, 5) is 26.1. The molecule has 0 aliphatic rings. The number of rotatable bonds is 6. The van der Waals surface area contributed by atoms with Gasteiger partial charge in [-0.25, -0.2) is 0 Å². The summed E-state index contributed by atoms with van der Waals surface area (Å²) in [5.74, 6) is -0.762. The zero-order valence-electron chi connectivity index (χ0n) is 16.6. The maximum absolute atomic E-state index is 13.3. The number of Topliss-reactive ketones (excluding diaryl/α,β-unsaturated/α-hetero) is 1. The molecule has 0 aliphatic heterocycles. The molecule has 0 bridgehead atoms. The van der Waals surface area contributed by atoms with Crippen molar-refractivity contribution in [3.05, 3.63) is 88.7 Å². The van der Waals surface area contributed by atoms with Crippen LogP contribution in [0.5, 0.6) is 5.75 Å². The van der Waals surface area contributed by atoms with Gasteiger partial charge in [-0.1, -0.05) is 47.5 Å². The number of nitrogens with one attached hydrogen (secondary N) is 1. The van der Waals surface area contributed by atoms with Gasteiger partial charge in [0.25, 0.3) is 11.7 Å². The van der Waals surface area contributed by atoms with E-state index in [1.54, 1.807) is 34.9 Å². The van der Waals surface area contributed by atoms with Gasteiger partial charge in [-0.3, -0.25) is 9.59 Å². The summed E-state index contributed by atoms with van der Waals surface area (Å²) in [5, 5.41) is 3.04. The summed E-state index contributed by atoms with van der Waals surface area (Å²) < 4.78 is 7.20. The van der Waals surface area contributed by atoms with Gasteiger partial charge in [0.15, 0.2) is 0 Å². The lowest BCUT2D eigenvalue weighted by molar-refractivity contribution is -0.112. The van der Waals surface area contributed by atoms with Crippen LogP contribution in [0.15, 0.2) is 72.9 Å². The van der Waals surface area contributed by atoms with E-state index in [2.05, 4.69) is 5.32 Å². The van der Waals surface area contributed by atoms with E-state index in [0.29, 0.717) is 12.2 Å². The maximum atomic E-state index is 13.3. The van der Waals surface area contributed by atoms with Crippen molar-refractivity contribution in [2.75, 3.05) is 11.9 Å². The molecule has 0 fully saturated rings. The fourth-order valence-corrected chi connectivity index (χ4v) is 3.71. The van der Waals surface area contributed by atoms with Crippen molar-refractivity contribution < 1.29 is 14.3 Å². The lowest BCUT2D eigenvalue weighted by Gasteiger charge is -2.10. The van der Waals surface area contributed by atoms with E-state index < -0.39 is 11.7 Å². The number of amides is 1. The first-order chi connectivity index (χ1) is 15.0. The Kier molecular flexibility index (Phi) is 5.98. The number of ketones is 1. The Labute approximate surface area is 189 Å². The van der Waals surface area contributed by atoms with Crippen molar-refractivity contribution in [3.63, 3.8) is 0 Å². The Morgan fingerprint density at radius 3 is 2.52 bits per heavy atom. The van der Waals surface area contributed by atoms with Gasteiger partial charge in [-0.2, -0.15) is 0 Å². The van der Waals surface area contributed by atoms with Crippen LogP contribution in [0.3, 0.4) is 0 Å². The first-order valence-electron chi connectivity index (χ1n) is 9.62. The van der Waals surface area contributed by atoms with E-state index in [9.17, 15) is 9.59 Å². The molecule has 4 aromatic rings. The highest BCUT2D eigenvalue weighted by Crippen LogP contribution is 2.32. The summed E-state index contributed by atoms with van der Waals surface area (Å²) in [7, 11) is 0. The van der Waals surface area contributed by atoms with Crippen LogP contribution >= 0.6 is 23.2 Å². The molecule has 5 nitrogen and oxygen atoms in total. The highest BCUT2D eigenvalue weighted by Gasteiger charge is 2.25. The van der Waals surface area contributed by atoms with E-state index in [1.165, 1.54) is 0 Å². The number of carbonyl (C=O) groups is 2. The van der Waals surface area contributed by atoms with Gasteiger partial charge >= 0.3 is 0 Å². The predicted octanol–water partition coefficient (Wildman–Crippen LogP) is 6.13. The average Bonchev–Trinajstić information content (AvgIpc) is 3.16. The standard InChI is InChI=1S/C24H18Cl2N2O3/c1-2-31-17-11-9-15(10-12-17)18-14-16-6-3-4-13-28(16)22(18)23(29)24(30)27-20-8-5-7-19(25)21(20)26/h3-14H,2H2,1H3,(H,27,30). The molecule has 0 spiro atoms. The van der Waals surface area contributed by atoms with Gasteiger partial charge < -0.3 is 14.5 Å². The number of carbonyl (C=O) groups excluding carboxylic acids is 2. The number of hydrogen-bond donors (Lipinski definition) is 1. The summed E-state index contributed by atoms with van der Waals surface area (Å²) >= 11 is 12.2. The molecule has 2 aromatic heterocycles. The van der Waals surface area contributed by atoms with Gasteiger partial charge in [0.1, 0.15) is 11.4 Å². The molecule has 31 heavy (non-hydrogen) atoms. The van der Waals surface area contributed by atoms with Crippen LogP contribution in [-0.4, -0.2) is 22.7 Å². The van der Waals surface area contributed by atoms with E-state index >= 15 is 0 Å². The summed E-state index contributed by atoms with van der Waals surface area (Å²) in [6.45, 7) is 2.47. The van der Waals surface area contributed by atoms with Crippen molar-refractivity contribution in [1.82, 2.24) is 4.40 Å². The van der Waals surface area contributed by atoms with Gasteiger partial charge in [-0.05, 0) is 55.0 Å². The Morgan fingerprint density at radius 2 is 1.77 bits per heavy atom. The zero-order valence-corrected chi connectivity index (χ0v) is 18.1. The Balaban J connectivity index is 1.75. The Bertz CT molecular complexity index is 1280. The van der Waals surface area contributed by atoms with Gasteiger partial charge in [-0.15, -0.1) is 0 Å². The van der Waals surface area contributed by atoms with Crippen LogP contribution in [0, 0.1) is 0 Å². The monoisotopic (exact) mass is 452 g/mol. The molecule has 0 saturated heterocycles. The highest BCUT2D eigenvalue weighted by molar-refractivity contribution is 6.49. The number of pyridine rings is 1. The van der Waals surface area contributed by atoms with Gasteiger partial charge in [0.2, 0.25) is 0 Å². The quantitative estimate of drug-likeness (QED) is 0.282. The third-order valence-electron chi connectivity index (χ3n) is 4.78. The van der Waals surface area contributed by atoms with E-state index in [1.807, 2.05) is 49.4 Å². The SMILES string of the molecule is CCOc1ccc(-c2cc3ccccn3c2C(=O)C(=O)Nc2cccc(Cl)c2Cl)cc1. The van der Waals surface area contributed by atoms with E-state index in [4.69, 9.17) is 27.9 Å². The molecule has 1 N–H and O–H groups in total. The Hall–Kier alpha value is -3.28. The van der Waals surface area contributed by atoms with Crippen molar-refractivity contribution in [1.29, 1.82) is 0 Å². The third-order valence-corrected chi connectivity index (χ3v) is 5.60. The van der Waals surface area contributed by atoms with Crippen molar-refractivity contribution in [3.8, 4) is 16.9 Å². The van der Waals surface area contributed by atoms with Gasteiger partial charge in [0, 0.05) is 17.3 Å². The number of ether oxygens (including phenoxy) is 1. The third kappa shape index (κ3) is 4.15. The number of aromatic nitrogens is 1. The van der Waals surface area contributed by atoms with Crippen LogP contribution in [0.1, 0.15) is 17.4 Å². The second-order valence-corrected chi connectivity index (χ2v) is 7.53. The summed E-state index contributed by atoms with van der Waals surface area (Å²) in [5.41, 5.74) is 2.77. The molecule has 0 radical (unpaired) electrons. The van der Waals surface area contributed by atoms with E-state index in [0.717, 1.165) is 16.8 Å². The van der Waals surface area contributed by atoms with Crippen LogP contribution in [-0.2, 0) is 4.79 Å². The molecule has 156 valence electrons. The smallest absolute Gasteiger partial charge is 0.298 e. The number of hydrogen-bond acceptors (Lipinski definition) is 3. The second kappa shape index (κ2) is 8.84. The van der Waals surface area contributed by atoms with Crippen molar-refractivity contribution >= 4 is 46.1 Å². The highest BCUT2D eigenvalue weighted by atomic mass is 35.5. The van der Waals surface area contributed by atoms with Crippen LogP contribution in [0.25, 0.3) is 16.6 Å². The fourth-order valence-electron chi connectivity index (χ4n) is 3.36. The fraction of sp³-hybridized carbons (Fsp3) is 0.0833. The van der Waals surface area contributed by atoms with Crippen LogP contribution in [0.2, 0.25) is 10.0 Å². The molecule has 0 aliphatic carbocycles. The molecule has 0 unspecified atom stereocenters. The number of halogens is 2. The number of nitrogens with zero attached hydrogens (tertiary/aromatic N) is 1. The number of anilines is 1. The van der Waals surface area contributed by atoms with Crippen LogP contribution < -0.4 is 10.1 Å². The lowest BCUT2D eigenvalue weighted by atomic mass is 10.0. The van der Waals surface area contributed by atoms with Crippen molar-refractivity contribution in [2.45, 2.75) is 6.92 Å². The minimum absolute atomic E-state index is 0.178. The van der Waals surface area contributed by atoms with E-state index in [-0.39, 0.29) is 21.4 Å². The molecule has 7 heteroatoms. The lowest BCUT2D eigenvalue weighted by Crippen LogP contribution is -2.24. The molecular formula is C24H18Cl2N2O3. The normalized spacial score (nSPS) is 10.8. The van der Waals surface area contributed by atoms with Crippen LogP contribution in [0.4, 0.5) is 5.69 Å². The minimum atomic E-state index is -0.805. The molecule has 1 amide bonds. The molecule has 0 saturated carbocycles. The average molecular weight is 453 g/mol. The first-order valence-corrected chi connectivity index (χ1v) is 10.4. The first kappa shape index (κ1) is 21.0. The maximum Gasteiger partial charge on any atom is 0.298 e. The Morgan fingerprint density at radius 1 is 1.00 bits per heavy atom. The molecule has 2 aromatic carbocycles.